The highest BCUT2D eigenvalue weighted by Crippen LogP contribution is 2.25. The van der Waals surface area contributed by atoms with E-state index in [0.717, 1.165) is 22.5 Å². The van der Waals surface area contributed by atoms with Crippen LogP contribution in [0.25, 0.3) is 16.9 Å². The lowest BCUT2D eigenvalue weighted by molar-refractivity contribution is -0.117. The summed E-state index contributed by atoms with van der Waals surface area (Å²) >= 11 is 0. The van der Waals surface area contributed by atoms with Crippen molar-refractivity contribution in [3.8, 4) is 22.7 Å². The van der Waals surface area contributed by atoms with Crippen LogP contribution in [0.1, 0.15) is 29.8 Å². The minimum Gasteiger partial charge on any atom is -0.497 e. The molecule has 184 valence electrons. The van der Waals surface area contributed by atoms with Gasteiger partial charge in [0.1, 0.15) is 18.1 Å². The van der Waals surface area contributed by atoms with Crippen LogP contribution in [0.2, 0.25) is 0 Å². The first-order chi connectivity index (χ1) is 17.4. The lowest BCUT2D eigenvalue weighted by atomic mass is 10.1. The van der Waals surface area contributed by atoms with Gasteiger partial charge in [-0.3, -0.25) is 9.59 Å². The molecule has 0 saturated carbocycles. The zero-order valence-corrected chi connectivity index (χ0v) is 20.9. The largest absolute Gasteiger partial charge is 0.497 e. The van der Waals surface area contributed by atoms with Crippen LogP contribution >= 0.6 is 0 Å². The first kappa shape index (κ1) is 24.7. The highest BCUT2D eigenvalue weighted by molar-refractivity contribution is 5.99. The number of ether oxygens (including phenoxy) is 1. The maximum atomic E-state index is 13.2. The normalized spacial score (nSPS) is 10.8. The third-order valence-corrected chi connectivity index (χ3v) is 5.84. The van der Waals surface area contributed by atoms with Crippen molar-refractivity contribution in [1.29, 1.82) is 0 Å². The van der Waals surface area contributed by atoms with Crippen LogP contribution in [0.3, 0.4) is 0 Å². The van der Waals surface area contributed by atoms with Crippen molar-refractivity contribution < 1.29 is 14.3 Å². The number of aryl methyl sites for hydroxylation is 1. The number of anilines is 1. The molecule has 7 heteroatoms. The van der Waals surface area contributed by atoms with Crippen molar-refractivity contribution in [1.82, 2.24) is 14.7 Å². The van der Waals surface area contributed by atoms with Crippen LogP contribution in [0, 0.1) is 6.92 Å². The molecule has 0 saturated heterocycles. The summed E-state index contributed by atoms with van der Waals surface area (Å²) < 4.78 is 6.96. The molecule has 1 aromatic heterocycles. The van der Waals surface area contributed by atoms with E-state index < -0.39 is 0 Å². The van der Waals surface area contributed by atoms with Crippen LogP contribution in [0.4, 0.5) is 5.82 Å². The van der Waals surface area contributed by atoms with Gasteiger partial charge in [0, 0.05) is 23.2 Å². The molecule has 1 N–H and O–H groups in total. The van der Waals surface area contributed by atoms with Crippen LogP contribution in [0.15, 0.2) is 84.9 Å². The molecule has 36 heavy (non-hydrogen) atoms. The van der Waals surface area contributed by atoms with Crippen molar-refractivity contribution in [2.75, 3.05) is 19.0 Å². The van der Waals surface area contributed by atoms with E-state index >= 15 is 0 Å². The Bertz CT molecular complexity index is 1340. The Morgan fingerprint density at radius 3 is 2.36 bits per heavy atom. The Kier molecular flexibility index (Phi) is 7.49. The van der Waals surface area contributed by atoms with Gasteiger partial charge in [-0.25, -0.2) is 4.68 Å². The zero-order chi connectivity index (χ0) is 25.7. The maximum Gasteiger partial charge on any atom is 0.254 e. The molecule has 3 aromatic carbocycles. The third kappa shape index (κ3) is 5.63. The number of carbonyl (C=O) groups excluding carboxylic acids is 2. The summed E-state index contributed by atoms with van der Waals surface area (Å²) in [6.45, 7) is 5.68. The molecule has 0 fully saturated rings. The van der Waals surface area contributed by atoms with Gasteiger partial charge in [-0.05, 0) is 51.1 Å². The molecule has 0 radical (unpaired) electrons. The van der Waals surface area contributed by atoms with E-state index in [2.05, 4.69) is 5.32 Å². The lowest BCUT2D eigenvalue weighted by Crippen LogP contribution is -2.42. The number of aromatic nitrogens is 2. The Balaban J connectivity index is 1.60. The molecule has 4 aromatic rings. The first-order valence-electron chi connectivity index (χ1n) is 11.8. The van der Waals surface area contributed by atoms with Crippen LogP contribution in [0.5, 0.6) is 5.75 Å². The number of carbonyl (C=O) groups is 2. The average Bonchev–Trinajstić information content (AvgIpc) is 3.31. The number of methoxy groups -OCH3 is 1. The molecule has 2 amide bonds. The molecular weight excluding hydrogens is 452 g/mol. The summed E-state index contributed by atoms with van der Waals surface area (Å²) in [6, 6.07) is 26.3. The smallest absolute Gasteiger partial charge is 0.254 e. The van der Waals surface area contributed by atoms with Gasteiger partial charge in [-0.15, -0.1) is 0 Å². The Morgan fingerprint density at radius 1 is 0.972 bits per heavy atom. The molecule has 7 nitrogen and oxygen atoms in total. The van der Waals surface area contributed by atoms with Gasteiger partial charge < -0.3 is 15.0 Å². The molecule has 0 unspecified atom stereocenters. The van der Waals surface area contributed by atoms with Crippen molar-refractivity contribution in [2.45, 2.75) is 26.8 Å². The lowest BCUT2D eigenvalue weighted by Gasteiger charge is -2.26. The highest BCUT2D eigenvalue weighted by atomic mass is 16.5. The van der Waals surface area contributed by atoms with Crippen molar-refractivity contribution in [2.24, 2.45) is 0 Å². The van der Waals surface area contributed by atoms with E-state index in [9.17, 15) is 9.59 Å². The zero-order valence-electron chi connectivity index (χ0n) is 20.9. The number of nitrogens with one attached hydrogen (secondary N) is 1. The molecule has 0 atom stereocenters. The third-order valence-electron chi connectivity index (χ3n) is 5.84. The topological polar surface area (TPSA) is 76.5 Å². The predicted octanol–water partition coefficient (Wildman–Crippen LogP) is 5.35. The standard InChI is InChI=1S/C29H30N4O3/c1-20(2)32(29(35)23-11-8-12-25(17-23)36-4)19-28(34)30-27-18-26(22-9-6-5-7-10-22)31-33(27)24-15-13-21(3)14-16-24/h5-18,20H,19H2,1-4H3,(H,30,34). The Labute approximate surface area is 211 Å². The van der Waals surface area contributed by atoms with Crippen LogP contribution in [-0.4, -0.2) is 46.2 Å². The second kappa shape index (κ2) is 10.9. The van der Waals surface area contributed by atoms with E-state index in [1.54, 1.807) is 36.1 Å². The second-order valence-electron chi connectivity index (χ2n) is 8.84. The number of amides is 2. The fourth-order valence-electron chi connectivity index (χ4n) is 3.85. The quantitative estimate of drug-likeness (QED) is 0.368. The molecular formula is C29H30N4O3. The molecule has 4 rings (SSSR count). The summed E-state index contributed by atoms with van der Waals surface area (Å²) in [7, 11) is 1.55. The second-order valence-corrected chi connectivity index (χ2v) is 8.84. The minimum absolute atomic E-state index is 0.104. The molecule has 0 aliphatic carbocycles. The van der Waals surface area contributed by atoms with Gasteiger partial charge in [-0.1, -0.05) is 54.1 Å². The van der Waals surface area contributed by atoms with E-state index in [0.29, 0.717) is 17.1 Å². The Hall–Kier alpha value is -4.39. The number of rotatable bonds is 8. The fraction of sp³-hybridized carbons (Fsp3) is 0.207. The molecule has 1 heterocycles. The molecule has 0 aliphatic heterocycles. The monoisotopic (exact) mass is 482 g/mol. The first-order valence-corrected chi connectivity index (χ1v) is 11.8. The van der Waals surface area contributed by atoms with Gasteiger partial charge in [0.2, 0.25) is 5.91 Å². The fourth-order valence-corrected chi connectivity index (χ4v) is 3.85. The molecule has 0 spiro atoms. The van der Waals surface area contributed by atoms with Gasteiger partial charge in [0.25, 0.3) is 5.91 Å². The number of hydrogen-bond donors (Lipinski definition) is 1. The van der Waals surface area contributed by atoms with E-state index in [1.165, 1.54) is 4.90 Å². The predicted molar refractivity (Wildman–Crippen MR) is 142 cm³/mol. The van der Waals surface area contributed by atoms with Crippen LogP contribution in [-0.2, 0) is 4.79 Å². The minimum atomic E-state index is -0.312. The van der Waals surface area contributed by atoms with E-state index in [-0.39, 0.29) is 24.4 Å². The van der Waals surface area contributed by atoms with Crippen molar-refractivity contribution >= 4 is 17.6 Å². The number of benzene rings is 3. The summed E-state index contributed by atoms with van der Waals surface area (Å²) in [4.78, 5) is 28.0. The number of nitrogens with zero attached hydrogens (tertiary/aromatic N) is 3. The van der Waals surface area contributed by atoms with Crippen molar-refractivity contribution in [3.63, 3.8) is 0 Å². The van der Waals surface area contributed by atoms with Gasteiger partial charge in [-0.2, -0.15) is 5.10 Å². The van der Waals surface area contributed by atoms with Gasteiger partial charge in [0.05, 0.1) is 18.5 Å². The summed E-state index contributed by atoms with van der Waals surface area (Å²) in [6.07, 6.45) is 0. The summed E-state index contributed by atoms with van der Waals surface area (Å²) in [5.74, 6) is 0.563. The molecule has 0 bridgehead atoms. The molecule has 0 aliphatic rings. The highest BCUT2D eigenvalue weighted by Gasteiger charge is 2.23. The van der Waals surface area contributed by atoms with Gasteiger partial charge in [0.15, 0.2) is 0 Å². The maximum absolute atomic E-state index is 13.2. The van der Waals surface area contributed by atoms with E-state index in [4.69, 9.17) is 9.84 Å². The van der Waals surface area contributed by atoms with Crippen molar-refractivity contribution in [3.05, 3.63) is 96.1 Å². The van der Waals surface area contributed by atoms with E-state index in [1.807, 2.05) is 81.4 Å². The average molecular weight is 483 g/mol. The summed E-state index contributed by atoms with van der Waals surface area (Å²) in [5.41, 5.74) is 4.09. The van der Waals surface area contributed by atoms with Gasteiger partial charge >= 0.3 is 0 Å². The van der Waals surface area contributed by atoms with Crippen LogP contribution < -0.4 is 10.1 Å². The number of hydrogen-bond acceptors (Lipinski definition) is 4. The SMILES string of the molecule is COc1cccc(C(=O)N(CC(=O)Nc2cc(-c3ccccc3)nn2-c2ccc(C)cc2)C(C)C)c1. The summed E-state index contributed by atoms with van der Waals surface area (Å²) in [5, 5.41) is 7.73. The Morgan fingerprint density at radius 2 is 1.69 bits per heavy atom.